The van der Waals surface area contributed by atoms with Gasteiger partial charge in [0.15, 0.2) is 5.96 Å². The predicted molar refractivity (Wildman–Crippen MR) is 123 cm³/mol. The summed E-state index contributed by atoms with van der Waals surface area (Å²) in [6, 6.07) is 8.12. The number of para-hydroxylation sites is 1. The fourth-order valence-corrected chi connectivity index (χ4v) is 3.56. The quantitative estimate of drug-likeness (QED) is 0.268. The van der Waals surface area contributed by atoms with Gasteiger partial charge < -0.3 is 24.4 Å². The van der Waals surface area contributed by atoms with Crippen LogP contribution in [0, 0.1) is 6.92 Å². The average molecular weight is 503 g/mol. The zero-order valence-corrected chi connectivity index (χ0v) is 19.4. The molecule has 2 saturated heterocycles. The Morgan fingerprint density at radius 2 is 2.07 bits per heavy atom. The summed E-state index contributed by atoms with van der Waals surface area (Å²) < 4.78 is 17.6. The highest BCUT2D eigenvalue weighted by atomic mass is 127. The third-order valence-corrected chi connectivity index (χ3v) is 5.02. The van der Waals surface area contributed by atoms with E-state index in [1.54, 1.807) is 0 Å². The van der Waals surface area contributed by atoms with Gasteiger partial charge in [-0.15, -0.1) is 24.0 Å². The van der Waals surface area contributed by atoms with Gasteiger partial charge in [-0.2, -0.15) is 0 Å². The summed E-state index contributed by atoms with van der Waals surface area (Å²) in [6.45, 7) is 9.76. The van der Waals surface area contributed by atoms with Crippen LogP contribution in [0.1, 0.15) is 31.7 Å². The monoisotopic (exact) mass is 503 g/mol. The molecular weight excluding hydrogens is 469 g/mol. The van der Waals surface area contributed by atoms with Crippen LogP contribution in [-0.4, -0.2) is 69.1 Å². The Morgan fingerprint density at radius 1 is 1.25 bits per heavy atom. The van der Waals surface area contributed by atoms with Crippen molar-refractivity contribution in [2.75, 3.05) is 46.0 Å². The minimum absolute atomic E-state index is 0. The van der Waals surface area contributed by atoms with Crippen LogP contribution < -0.4 is 10.1 Å². The number of ether oxygens (including phenoxy) is 3. The van der Waals surface area contributed by atoms with E-state index in [0.29, 0.717) is 6.61 Å². The van der Waals surface area contributed by atoms with Gasteiger partial charge in [0.1, 0.15) is 11.9 Å². The van der Waals surface area contributed by atoms with Crippen LogP contribution in [0.15, 0.2) is 29.3 Å². The zero-order valence-electron chi connectivity index (χ0n) is 17.1. The van der Waals surface area contributed by atoms with E-state index < -0.39 is 0 Å². The first-order chi connectivity index (χ1) is 13.3. The first kappa shape index (κ1) is 23.2. The molecule has 2 atom stereocenters. The first-order valence-electron chi connectivity index (χ1n) is 10.2. The first-order valence-corrected chi connectivity index (χ1v) is 10.2. The Labute approximate surface area is 186 Å². The van der Waals surface area contributed by atoms with Gasteiger partial charge in [0.05, 0.1) is 19.3 Å². The predicted octanol–water partition coefficient (Wildman–Crippen LogP) is 3.23. The van der Waals surface area contributed by atoms with Crippen molar-refractivity contribution >= 4 is 29.9 Å². The van der Waals surface area contributed by atoms with E-state index in [2.05, 4.69) is 30.1 Å². The molecule has 2 aliphatic heterocycles. The normalized spacial score (nSPS) is 22.6. The number of benzene rings is 1. The molecule has 3 rings (SSSR count). The molecule has 6 nitrogen and oxygen atoms in total. The van der Waals surface area contributed by atoms with E-state index in [9.17, 15) is 0 Å². The van der Waals surface area contributed by atoms with E-state index in [-0.39, 0.29) is 36.2 Å². The lowest BCUT2D eigenvalue weighted by Gasteiger charge is -2.37. The van der Waals surface area contributed by atoms with Crippen LogP contribution in [-0.2, 0) is 9.47 Å². The Hall–Kier alpha value is -1.06. The van der Waals surface area contributed by atoms with Gasteiger partial charge in [-0.1, -0.05) is 18.2 Å². The van der Waals surface area contributed by atoms with Gasteiger partial charge in [-0.25, -0.2) is 0 Å². The van der Waals surface area contributed by atoms with Crippen LogP contribution in [0.3, 0.4) is 0 Å². The van der Waals surface area contributed by atoms with Crippen molar-refractivity contribution in [3.05, 3.63) is 29.8 Å². The number of rotatable bonds is 7. The van der Waals surface area contributed by atoms with Gasteiger partial charge in [-0.05, 0) is 38.3 Å². The molecule has 0 aromatic heterocycles. The highest BCUT2D eigenvalue weighted by Gasteiger charge is 2.32. The number of morpholine rings is 1. The second-order valence-electron chi connectivity index (χ2n) is 7.11. The molecule has 28 heavy (non-hydrogen) atoms. The Balaban J connectivity index is 0.00000280. The van der Waals surface area contributed by atoms with Gasteiger partial charge >= 0.3 is 0 Å². The number of hydrogen-bond donors (Lipinski definition) is 1. The second-order valence-corrected chi connectivity index (χ2v) is 7.11. The van der Waals surface area contributed by atoms with Crippen molar-refractivity contribution in [2.24, 2.45) is 4.99 Å². The maximum absolute atomic E-state index is 5.95. The van der Waals surface area contributed by atoms with E-state index in [1.165, 1.54) is 5.56 Å². The molecule has 2 unspecified atom stereocenters. The van der Waals surface area contributed by atoms with Crippen LogP contribution in [0.25, 0.3) is 0 Å². The second kappa shape index (κ2) is 12.5. The topological polar surface area (TPSA) is 55.3 Å². The number of nitrogens with zero attached hydrogens (tertiary/aromatic N) is 2. The smallest absolute Gasteiger partial charge is 0.194 e. The highest BCUT2D eigenvalue weighted by molar-refractivity contribution is 14.0. The van der Waals surface area contributed by atoms with Crippen LogP contribution >= 0.6 is 24.0 Å². The minimum atomic E-state index is 0. The van der Waals surface area contributed by atoms with Crippen molar-refractivity contribution in [3.63, 3.8) is 0 Å². The molecular formula is C21H34IN3O3. The average Bonchev–Trinajstić information content (AvgIpc) is 3.23. The van der Waals surface area contributed by atoms with Crippen molar-refractivity contribution in [3.8, 4) is 5.75 Å². The van der Waals surface area contributed by atoms with E-state index in [0.717, 1.165) is 70.4 Å². The molecule has 0 aliphatic carbocycles. The van der Waals surface area contributed by atoms with Gasteiger partial charge in [0.25, 0.3) is 0 Å². The number of aryl methyl sites for hydroxylation is 1. The lowest BCUT2D eigenvalue weighted by molar-refractivity contribution is -0.0817. The molecule has 1 N–H and O–H groups in total. The molecule has 2 heterocycles. The zero-order chi connectivity index (χ0) is 18.9. The lowest BCUT2D eigenvalue weighted by Crippen LogP contribution is -2.53. The van der Waals surface area contributed by atoms with Crippen molar-refractivity contribution in [1.29, 1.82) is 0 Å². The molecule has 2 fully saturated rings. The lowest BCUT2D eigenvalue weighted by atomic mass is 10.1. The summed E-state index contributed by atoms with van der Waals surface area (Å²) in [4.78, 5) is 7.11. The SMILES string of the molecule is CCNC(=NCCCOc1ccccc1C)N1CCOC(C2CCCO2)C1.I. The van der Waals surface area contributed by atoms with Crippen molar-refractivity contribution in [2.45, 2.75) is 45.3 Å². The summed E-state index contributed by atoms with van der Waals surface area (Å²) in [5.74, 6) is 1.93. The third-order valence-electron chi connectivity index (χ3n) is 5.02. The maximum Gasteiger partial charge on any atom is 0.194 e. The molecule has 0 saturated carbocycles. The molecule has 0 radical (unpaired) electrons. The Morgan fingerprint density at radius 3 is 2.82 bits per heavy atom. The van der Waals surface area contributed by atoms with Gasteiger partial charge in [0.2, 0.25) is 0 Å². The fourth-order valence-electron chi connectivity index (χ4n) is 3.56. The molecule has 1 aromatic carbocycles. The summed E-state index contributed by atoms with van der Waals surface area (Å²) in [5.41, 5.74) is 1.17. The molecule has 0 bridgehead atoms. The Kier molecular flexibility index (Phi) is 10.4. The largest absolute Gasteiger partial charge is 0.493 e. The summed E-state index contributed by atoms with van der Waals surface area (Å²) >= 11 is 0. The number of hydrogen-bond acceptors (Lipinski definition) is 4. The summed E-state index contributed by atoms with van der Waals surface area (Å²) in [5, 5.41) is 3.42. The van der Waals surface area contributed by atoms with Gasteiger partial charge in [-0.3, -0.25) is 4.99 Å². The molecule has 1 aromatic rings. The fraction of sp³-hybridized carbons (Fsp3) is 0.667. The minimum Gasteiger partial charge on any atom is -0.493 e. The molecule has 0 spiro atoms. The van der Waals surface area contributed by atoms with Crippen molar-refractivity contribution < 1.29 is 14.2 Å². The standard InChI is InChI=1S/C21H33N3O3.HI/c1-3-22-21(23-11-7-14-25-18-9-5-4-8-17(18)2)24-12-15-27-20(16-24)19-10-6-13-26-19;/h4-5,8-9,19-20H,3,6-7,10-16H2,1-2H3,(H,22,23);1H. The summed E-state index contributed by atoms with van der Waals surface area (Å²) in [7, 11) is 0. The number of nitrogens with one attached hydrogen (secondary N) is 1. The third kappa shape index (κ3) is 6.77. The van der Waals surface area contributed by atoms with Crippen LogP contribution in [0.4, 0.5) is 0 Å². The Bertz CT molecular complexity index is 608. The molecule has 158 valence electrons. The van der Waals surface area contributed by atoms with E-state index in [1.807, 2.05) is 18.2 Å². The molecule has 0 amide bonds. The molecule has 2 aliphatic rings. The van der Waals surface area contributed by atoms with E-state index >= 15 is 0 Å². The highest BCUT2D eigenvalue weighted by Crippen LogP contribution is 2.21. The number of aliphatic imine (C=N–C) groups is 1. The van der Waals surface area contributed by atoms with Gasteiger partial charge in [0, 0.05) is 39.2 Å². The maximum atomic E-state index is 5.95. The number of halogens is 1. The molecule has 7 heteroatoms. The van der Waals surface area contributed by atoms with E-state index in [4.69, 9.17) is 19.2 Å². The summed E-state index contributed by atoms with van der Waals surface area (Å²) in [6.07, 6.45) is 3.51. The van der Waals surface area contributed by atoms with Crippen LogP contribution in [0.2, 0.25) is 0 Å². The number of guanidine groups is 1. The van der Waals surface area contributed by atoms with Crippen LogP contribution in [0.5, 0.6) is 5.75 Å². The van der Waals surface area contributed by atoms with Crippen molar-refractivity contribution in [1.82, 2.24) is 10.2 Å².